The molecule has 2 amide bonds. The van der Waals surface area contributed by atoms with E-state index >= 15 is 0 Å². The van der Waals surface area contributed by atoms with Crippen molar-refractivity contribution in [3.05, 3.63) is 35.4 Å². The molecule has 0 aromatic heterocycles. The summed E-state index contributed by atoms with van der Waals surface area (Å²) in [4.78, 5) is 11.8. The zero-order valence-electron chi connectivity index (χ0n) is 13.9. The van der Waals surface area contributed by atoms with Crippen LogP contribution >= 0.6 is 0 Å². The summed E-state index contributed by atoms with van der Waals surface area (Å²) < 4.78 is 5.36. The first-order chi connectivity index (χ1) is 11.2. The van der Waals surface area contributed by atoms with E-state index in [1.165, 1.54) is 0 Å². The molecule has 1 aromatic carbocycles. The molecule has 1 saturated carbocycles. The first-order valence-electron chi connectivity index (χ1n) is 8.52. The third-order valence-corrected chi connectivity index (χ3v) is 4.26. The van der Waals surface area contributed by atoms with Gasteiger partial charge in [0, 0.05) is 19.7 Å². The standard InChI is InChI=1S/C18H28N2O3/c1-2-23-13-15-8-6-14(7-9-15)11-19-18(22)20-12-16-4-3-5-17(21)10-16/h6-9,16-17,21H,2-5,10-13H2,1H3,(H2,19,20,22). The second-order valence-corrected chi connectivity index (χ2v) is 6.20. The Balaban J connectivity index is 1.65. The fourth-order valence-corrected chi connectivity index (χ4v) is 2.90. The third kappa shape index (κ3) is 6.59. The van der Waals surface area contributed by atoms with E-state index in [1.807, 2.05) is 31.2 Å². The van der Waals surface area contributed by atoms with Gasteiger partial charge in [0.1, 0.15) is 0 Å². The molecule has 2 atom stereocenters. The van der Waals surface area contributed by atoms with Gasteiger partial charge in [-0.2, -0.15) is 0 Å². The van der Waals surface area contributed by atoms with E-state index in [4.69, 9.17) is 4.74 Å². The van der Waals surface area contributed by atoms with Crippen molar-refractivity contribution in [2.75, 3.05) is 13.2 Å². The number of benzene rings is 1. The minimum atomic E-state index is -0.200. The summed E-state index contributed by atoms with van der Waals surface area (Å²) in [5.41, 5.74) is 2.20. The lowest BCUT2D eigenvalue weighted by molar-refractivity contribution is 0.101. The number of nitrogens with one attached hydrogen (secondary N) is 2. The van der Waals surface area contributed by atoms with Gasteiger partial charge in [-0.1, -0.05) is 30.7 Å². The van der Waals surface area contributed by atoms with E-state index in [0.717, 1.165) is 36.8 Å². The molecule has 1 fully saturated rings. The number of urea groups is 1. The number of rotatable bonds is 7. The average Bonchev–Trinajstić information content (AvgIpc) is 2.57. The molecule has 1 aliphatic rings. The molecule has 2 unspecified atom stereocenters. The largest absolute Gasteiger partial charge is 0.393 e. The van der Waals surface area contributed by atoms with Gasteiger partial charge >= 0.3 is 6.03 Å². The molecule has 0 spiro atoms. The van der Waals surface area contributed by atoms with Crippen LogP contribution in [0.1, 0.15) is 43.7 Å². The van der Waals surface area contributed by atoms with Gasteiger partial charge < -0.3 is 20.5 Å². The Morgan fingerprint density at radius 2 is 1.96 bits per heavy atom. The Hall–Kier alpha value is -1.59. The van der Waals surface area contributed by atoms with Crippen LogP contribution in [0.25, 0.3) is 0 Å². The number of carbonyl (C=O) groups excluding carboxylic acids is 1. The summed E-state index contributed by atoms with van der Waals surface area (Å²) in [7, 11) is 0. The molecule has 3 N–H and O–H groups in total. The molecule has 5 heteroatoms. The molecular formula is C18H28N2O3. The van der Waals surface area contributed by atoms with Crippen LogP contribution in [0.4, 0.5) is 4.79 Å². The van der Waals surface area contributed by atoms with Gasteiger partial charge in [0.15, 0.2) is 0 Å². The lowest BCUT2D eigenvalue weighted by Gasteiger charge is -2.25. The summed E-state index contributed by atoms with van der Waals surface area (Å²) in [5.74, 6) is 0.391. The van der Waals surface area contributed by atoms with Gasteiger partial charge in [0.05, 0.1) is 12.7 Å². The average molecular weight is 320 g/mol. The Kier molecular flexibility index (Phi) is 7.36. The monoisotopic (exact) mass is 320 g/mol. The van der Waals surface area contributed by atoms with E-state index in [1.54, 1.807) is 0 Å². The van der Waals surface area contributed by atoms with E-state index in [-0.39, 0.29) is 12.1 Å². The highest BCUT2D eigenvalue weighted by Gasteiger charge is 2.20. The van der Waals surface area contributed by atoms with Crippen LogP contribution in [-0.4, -0.2) is 30.4 Å². The maximum Gasteiger partial charge on any atom is 0.315 e. The lowest BCUT2D eigenvalue weighted by Crippen LogP contribution is -2.39. The molecule has 128 valence electrons. The number of ether oxygens (including phenoxy) is 1. The molecule has 2 rings (SSSR count). The molecule has 0 aliphatic heterocycles. The van der Waals surface area contributed by atoms with Crippen LogP contribution in [0.5, 0.6) is 0 Å². The van der Waals surface area contributed by atoms with E-state index in [0.29, 0.717) is 32.2 Å². The van der Waals surface area contributed by atoms with Gasteiger partial charge in [-0.05, 0) is 43.2 Å². The zero-order chi connectivity index (χ0) is 16.5. The van der Waals surface area contributed by atoms with Crippen molar-refractivity contribution in [1.29, 1.82) is 0 Å². The van der Waals surface area contributed by atoms with Crippen LogP contribution < -0.4 is 10.6 Å². The van der Waals surface area contributed by atoms with Crippen molar-refractivity contribution in [1.82, 2.24) is 10.6 Å². The summed E-state index contributed by atoms with van der Waals surface area (Å²) in [6, 6.07) is 7.91. The van der Waals surface area contributed by atoms with Crippen LogP contribution in [-0.2, 0) is 17.9 Å². The summed E-state index contributed by atoms with van der Waals surface area (Å²) >= 11 is 0. The van der Waals surface area contributed by atoms with Gasteiger partial charge in [0.2, 0.25) is 0 Å². The van der Waals surface area contributed by atoms with Crippen molar-refractivity contribution < 1.29 is 14.6 Å². The molecule has 1 aliphatic carbocycles. The minimum absolute atomic E-state index is 0.150. The van der Waals surface area contributed by atoms with Crippen molar-refractivity contribution in [3.63, 3.8) is 0 Å². The van der Waals surface area contributed by atoms with Crippen molar-refractivity contribution in [2.45, 2.75) is 51.9 Å². The fourth-order valence-electron chi connectivity index (χ4n) is 2.90. The number of amides is 2. The van der Waals surface area contributed by atoms with E-state index < -0.39 is 0 Å². The summed E-state index contributed by atoms with van der Waals surface area (Å²) in [5, 5.41) is 15.4. The summed E-state index contributed by atoms with van der Waals surface area (Å²) in [6.07, 6.45) is 3.61. The second kappa shape index (κ2) is 9.53. The molecule has 0 bridgehead atoms. The van der Waals surface area contributed by atoms with Crippen LogP contribution in [0, 0.1) is 5.92 Å². The Morgan fingerprint density at radius 3 is 2.65 bits per heavy atom. The molecule has 0 saturated heterocycles. The maximum absolute atomic E-state index is 11.8. The predicted molar refractivity (Wildman–Crippen MR) is 90.0 cm³/mol. The second-order valence-electron chi connectivity index (χ2n) is 6.20. The molecule has 0 heterocycles. The van der Waals surface area contributed by atoms with E-state index in [2.05, 4.69) is 10.6 Å². The molecule has 1 aromatic rings. The quantitative estimate of drug-likeness (QED) is 0.723. The molecular weight excluding hydrogens is 292 g/mol. The first kappa shape index (κ1) is 17.8. The van der Waals surface area contributed by atoms with Gasteiger partial charge in [-0.25, -0.2) is 4.79 Å². The van der Waals surface area contributed by atoms with Crippen molar-refractivity contribution in [2.24, 2.45) is 5.92 Å². The van der Waals surface area contributed by atoms with Crippen molar-refractivity contribution in [3.8, 4) is 0 Å². The number of aliphatic hydroxyl groups is 1. The van der Waals surface area contributed by atoms with Crippen molar-refractivity contribution >= 4 is 6.03 Å². The number of aliphatic hydroxyl groups excluding tert-OH is 1. The number of carbonyl (C=O) groups is 1. The third-order valence-electron chi connectivity index (χ3n) is 4.26. The SMILES string of the molecule is CCOCc1ccc(CNC(=O)NCC2CCCC(O)C2)cc1. The first-order valence-corrected chi connectivity index (χ1v) is 8.52. The highest BCUT2D eigenvalue weighted by molar-refractivity contribution is 5.73. The zero-order valence-corrected chi connectivity index (χ0v) is 13.9. The predicted octanol–water partition coefficient (Wildman–Crippen LogP) is 2.57. The Bertz CT molecular complexity index is 476. The van der Waals surface area contributed by atoms with Gasteiger partial charge in [0.25, 0.3) is 0 Å². The van der Waals surface area contributed by atoms with Gasteiger partial charge in [-0.15, -0.1) is 0 Å². The Labute approximate surface area is 138 Å². The maximum atomic E-state index is 11.8. The van der Waals surface area contributed by atoms with Crippen LogP contribution in [0.15, 0.2) is 24.3 Å². The molecule has 23 heavy (non-hydrogen) atoms. The fraction of sp³-hybridized carbons (Fsp3) is 0.611. The number of hydrogen-bond acceptors (Lipinski definition) is 3. The highest BCUT2D eigenvalue weighted by Crippen LogP contribution is 2.23. The highest BCUT2D eigenvalue weighted by atomic mass is 16.5. The Morgan fingerprint density at radius 1 is 1.22 bits per heavy atom. The smallest absolute Gasteiger partial charge is 0.315 e. The normalized spacial score (nSPS) is 21.0. The topological polar surface area (TPSA) is 70.6 Å². The van der Waals surface area contributed by atoms with Crippen LogP contribution in [0.2, 0.25) is 0 Å². The minimum Gasteiger partial charge on any atom is -0.393 e. The lowest BCUT2D eigenvalue weighted by atomic mass is 9.87. The van der Waals surface area contributed by atoms with Gasteiger partial charge in [-0.3, -0.25) is 0 Å². The molecule has 5 nitrogen and oxygen atoms in total. The summed E-state index contributed by atoms with van der Waals surface area (Å²) in [6.45, 7) is 4.45. The number of hydrogen-bond donors (Lipinski definition) is 3. The van der Waals surface area contributed by atoms with E-state index in [9.17, 15) is 9.90 Å². The molecule has 0 radical (unpaired) electrons. The van der Waals surface area contributed by atoms with Crippen LogP contribution in [0.3, 0.4) is 0 Å².